The first-order valence-electron chi connectivity index (χ1n) is 6.34. The van der Waals surface area contributed by atoms with E-state index in [0.29, 0.717) is 11.3 Å². The Morgan fingerprint density at radius 3 is 2.83 bits per heavy atom. The van der Waals surface area contributed by atoms with Gasteiger partial charge in [-0.2, -0.15) is 5.26 Å². The van der Waals surface area contributed by atoms with Crippen LogP contribution in [0, 0.1) is 24.2 Å². The molecule has 1 amide bonds. The molecule has 1 aliphatic rings. The molecule has 1 saturated carbocycles. The van der Waals surface area contributed by atoms with Crippen molar-refractivity contribution in [3.8, 4) is 6.07 Å². The molecular formula is C13H17N3O2. The van der Waals surface area contributed by atoms with Crippen LogP contribution in [0.5, 0.6) is 0 Å². The summed E-state index contributed by atoms with van der Waals surface area (Å²) in [6.07, 6.45) is 6.94. The van der Waals surface area contributed by atoms with Crippen LogP contribution in [0.4, 0.5) is 0 Å². The number of rotatable bonds is 3. The predicted molar refractivity (Wildman–Crippen MR) is 64.7 cm³/mol. The van der Waals surface area contributed by atoms with Gasteiger partial charge in [-0.05, 0) is 25.7 Å². The summed E-state index contributed by atoms with van der Waals surface area (Å²) in [6, 6.07) is 1.79. The van der Waals surface area contributed by atoms with Crippen LogP contribution in [-0.4, -0.2) is 17.1 Å². The molecule has 0 bridgehead atoms. The second kappa shape index (κ2) is 5.67. The number of carbonyl (C=O) groups is 1. The summed E-state index contributed by atoms with van der Waals surface area (Å²) in [6.45, 7) is 1.68. The van der Waals surface area contributed by atoms with Crippen LogP contribution in [0.3, 0.4) is 0 Å². The molecule has 18 heavy (non-hydrogen) atoms. The maximum Gasteiger partial charge on any atom is 0.257 e. The molecule has 1 aliphatic carbocycles. The zero-order valence-corrected chi connectivity index (χ0v) is 10.5. The number of aryl methyl sites for hydroxylation is 1. The van der Waals surface area contributed by atoms with E-state index in [9.17, 15) is 10.1 Å². The summed E-state index contributed by atoms with van der Waals surface area (Å²) in [4.78, 5) is 12.0. The first kappa shape index (κ1) is 12.6. The number of hydrogen-bond donors (Lipinski definition) is 1. The van der Waals surface area contributed by atoms with Crippen LogP contribution in [0.2, 0.25) is 0 Å². The quantitative estimate of drug-likeness (QED) is 0.887. The van der Waals surface area contributed by atoms with Gasteiger partial charge in [0.05, 0.1) is 12.3 Å². The van der Waals surface area contributed by atoms with Gasteiger partial charge in [0, 0.05) is 0 Å². The van der Waals surface area contributed by atoms with E-state index in [0.717, 1.165) is 25.7 Å². The lowest BCUT2D eigenvalue weighted by molar-refractivity contribution is 0.0927. The van der Waals surface area contributed by atoms with E-state index >= 15 is 0 Å². The van der Waals surface area contributed by atoms with E-state index in [-0.39, 0.29) is 11.8 Å². The predicted octanol–water partition coefficient (Wildman–Crippen LogP) is 2.19. The van der Waals surface area contributed by atoms with Gasteiger partial charge in [-0.15, -0.1) is 0 Å². The highest BCUT2D eigenvalue weighted by atomic mass is 16.5. The molecule has 5 heteroatoms. The number of nitrogens with zero attached hydrogens (tertiary/aromatic N) is 2. The molecule has 2 rings (SSSR count). The lowest BCUT2D eigenvalue weighted by atomic mass is 9.84. The molecule has 1 N–H and O–H groups in total. The molecule has 1 aromatic rings. The van der Waals surface area contributed by atoms with Crippen molar-refractivity contribution in [3.05, 3.63) is 17.5 Å². The summed E-state index contributed by atoms with van der Waals surface area (Å²) >= 11 is 0. The minimum Gasteiger partial charge on any atom is -0.361 e. The molecule has 1 fully saturated rings. The van der Waals surface area contributed by atoms with E-state index < -0.39 is 6.04 Å². The van der Waals surface area contributed by atoms with Gasteiger partial charge in [0.2, 0.25) is 0 Å². The Hall–Kier alpha value is -1.83. The Balaban J connectivity index is 2.00. The Labute approximate surface area is 106 Å². The number of amides is 1. The van der Waals surface area contributed by atoms with E-state index in [1.807, 2.05) is 0 Å². The summed E-state index contributed by atoms with van der Waals surface area (Å²) in [5.41, 5.74) is 0.408. The molecule has 0 aromatic carbocycles. The molecule has 5 nitrogen and oxygen atoms in total. The van der Waals surface area contributed by atoms with Crippen molar-refractivity contribution >= 4 is 5.91 Å². The fraction of sp³-hybridized carbons (Fsp3) is 0.615. The lowest BCUT2D eigenvalue weighted by Crippen LogP contribution is -2.40. The third-order valence-corrected chi connectivity index (χ3v) is 3.54. The highest BCUT2D eigenvalue weighted by Crippen LogP contribution is 2.26. The van der Waals surface area contributed by atoms with Gasteiger partial charge in [-0.3, -0.25) is 4.79 Å². The fourth-order valence-electron chi connectivity index (χ4n) is 2.46. The molecule has 1 unspecified atom stereocenters. The Kier molecular flexibility index (Phi) is 3.98. The van der Waals surface area contributed by atoms with E-state index in [4.69, 9.17) is 4.52 Å². The standard InChI is InChI=1S/C13H17N3O2/c1-9-11(8-15-18-9)13(17)16-12(7-14)10-5-3-2-4-6-10/h8,10,12H,2-6H2,1H3,(H,16,17). The SMILES string of the molecule is Cc1oncc1C(=O)NC(C#N)C1CCCCC1. The molecule has 0 radical (unpaired) electrons. The number of hydrogen-bond acceptors (Lipinski definition) is 4. The molecular weight excluding hydrogens is 230 g/mol. The van der Waals surface area contributed by atoms with Crippen LogP contribution in [0.1, 0.15) is 48.2 Å². The van der Waals surface area contributed by atoms with Crippen LogP contribution < -0.4 is 5.32 Å². The van der Waals surface area contributed by atoms with Crippen LogP contribution >= 0.6 is 0 Å². The lowest BCUT2D eigenvalue weighted by Gasteiger charge is -2.26. The average Bonchev–Trinajstić information content (AvgIpc) is 2.83. The number of carbonyl (C=O) groups excluding carboxylic acids is 1. The van der Waals surface area contributed by atoms with Gasteiger partial charge in [0.15, 0.2) is 0 Å². The van der Waals surface area contributed by atoms with Crippen molar-refractivity contribution in [1.29, 1.82) is 5.26 Å². The minimum absolute atomic E-state index is 0.271. The second-order valence-electron chi connectivity index (χ2n) is 4.77. The van der Waals surface area contributed by atoms with Gasteiger partial charge in [-0.25, -0.2) is 0 Å². The Morgan fingerprint density at radius 2 is 2.28 bits per heavy atom. The number of nitrogens with one attached hydrogen (secondary N) is 1. The van der Waals surface area contributed by atoms with Crippen LogP contribution in [-0.2, 0) is 0 Å². The Morgan fingerprint density at radius 1 is 1.56 bits per heavy atom. The molecule has 1 atom stereocenters. The summed E-state index contributed by atoms with van der Waals surface area (Å²) in [7, 11) is 0. The highest BCUT2D eigenvalue weighted by Gasteiger charge is 2.26. The van der Waals surface area contributed by atoms with Crippen molar-refractivity contribution in [3.63, 3.8) is 0 Å². The molecule has 0 aliphatic heterocycles. The largest absolute Gasteiger partial charge is 0.361 e. The molecule has 1 aromatic heterocycles. The van der Waals surface area contributed by atoms with Gasteiger partial charge in [0.1, 0.15) is 17.4 Å². The number of aromatic nitrogens is 1. The molecule has 96 valence electrons. The van der Waals surface area contributed by atoms with Crippen molar-refractivity contribution in [2.45, 2.75) is 45.1 Å². The topological polar surface area (TPSA) is 78.9 Å². The first-order valence-corrected chi connectivity index (χ1v) is 6.34. The maximum atomic E-state index is 12.0. The van der Waals surface area contributed by atoms with Gasteiger partial charge in [0.25, 0.3) is 5.91 Å². The monoisotopic (exact) mass is 247 g/mol. The number of nitriles is 1. The normalized spacial score (nSPS) is 18.0. The third-order valence-electron chi connectivity index (χ3n) is 3.54. The third kappa shape index (κ3) is 2.70. The van der Waals surface area contributed by atoms with E-state index in [1.165, 1.54) is 12.6 Å². The van der Waals surface area contributed by atoms with Crippen LogP contribution in [0.15, 0.2) is 10.7 Å². The van der Waals surface area contributed by atoms with Crippen molar-refractivity contribution in [1.82, 2.24) is 10.5 Å². The molecule has 0 saturated heterocycles. The second-order valence-corrected chi connectivity index (χ2v) is 4.77. The summed E-state index contributed by atoms with van der Waals surface area (Å²) in [5.74, 6) is 0.478. The van der Waals surface area contributed by atoms with Gasteiger partial charge < -0.3 is 9.84 Å². The van der Waals surface area contributed by atoms with Crippen molar-refractivity contribution in [2.75, 3.05) is 0 Å². The van der Waals surface area contributed by atoms with Gasteiger partial charge >= 0.3 is 0 Å². The first-order chi connectivity index (χ1) is 8.72. The van der Waals surface area contributed by atoms with Gasteiger partial charge in [-0.1, -0.05) is 24.4 Å². The summed E-state index contributed by atoms with van der Waals surface area (Å²) < 4.78 is 4.85. The highest BCUT2D eigenvalue weighted by molar-refractivity contribution is 5.95. The maximum absolute atomic E-state index is 12.0. The van der Waals surface area contributed by atoms with Crippen LogP contribution in [0.25, 0.3) is 0 Å². The Bertz CT molecular complexity index is 455. The fourth-order valence-corrected chi connectivity index (χ4v) is 2.46. The average molecular weight is 247 g/mol. The van der Waals surface area contributed by atoms with E-state index in [1.54, 1.807) is 6.92 Å². The summed E-state index contributed by atoms with van der Waals surface area (Å²) in [5, 5.41) is 15.5. The smallest absolute Gasteiger partial charge is 0.257 e. The van der Waals surface area contributed by atoms with Crippen molar-refractivity contribution < 1.29 is 9.32 Å². The zero-order valence-electron chi connectivity index (χ0n) is 10.5. The molecule has 0 spiro atoms. The minimum atomic E-state index is -0.410. The van der Waals surface area contributed by atoms with E-state index in [2.05, 4.69) is 16.5 Å². The van der Waals surface area contributed by atoms with Crippen molar-refractivity contribution in [2.24, 2.45) is 5.92 Å². The zero-order chi connectivity index (χ0) is 13.0. The molecule has 1 heterocycles.